The fourth-order valence-corrected chi connectivity index (χ4v) is 5.91. The van der Waals surface area contributed by atoms with Gasteiger partial charge in [0.25, 0.3) is 0 Å². The van der Waals surface area contributed by atoms with Crippen molar-refractivity contribution < 1.29 is 4.79 Å². The van der Waals surface area contributed by atoms with Gasteiger partial charge in [0.05, 0.1) is 5.75 Å². The quantitative estimate of drug-likeness (QED) is 0.602. The van der Waals surface area contributed by atoms with Crippen molar-refractivity contribution in [3.05, 3.63) is 6.33 Å². The number of aromatic nitrogens is 3. The van der Waals surface area contributed by atoms with E-state index in [1.807, 2.05) is 0 Å². The highest BCUT2D eigenvalue weighted by atomic mass is 32.2. The molecule has 146 valence electrons. The molecule has 2 aromatic rings. The molecule has 0 bridgehead atoms. The first-order valence-corrected chi connectivity index (χ1v) is 11.8. The summed E-state index contributed by atoms with van der Waals surface area (Å²) in [6.45, 7) is 4.41. The number of thiazole rings is 1. The molecule has 2 fully saturated rings. The second-order valence-corrected chi connectivity index (χ2v) is 9.65. The molecule has 27 heavy (non-hydrogen) atoms. The summed E-state index contributed by atoms with van der Waals surface area (Å²) in [5, 5.41) is 5.08. The van der Waals surface area contributed by atoms with Crippen LogP contribution in [0.1, 0.15) is 51.9 Å². The van der Waals surface area contributed by atoms with Crippen LogP contribution in [0.25, 0.3) is 10.3 Å². The molecule has 2 aliphatic rings. The number of hydrogen-bond acceptors (Lipinski definition) is 7. The minimum atomic E-state index is 0.105. The van der Waals surface area contributed by atoms with Crippen molar-refractivity contribution in [3.63, 3.8) is 0 Å². The lowest BCUT2D eigenvalue weighted by Crippen LogP contribution is -2.37. The number of piperidine rings is 1. The average molecular weight is 406 g/mol. The second kappa shape index (κ2) is 8.73. The van der Waals surface area contributed by atoms with Crippen LogP contribution >= 0.6 is 23.1 Å². The van der Waals surface area contributed by atoms with Crippen LogP contribution in [0, 0.1) is 5.92 Å². The van der Waals surface area contributed by atoms with E-state index in [4.69, 9.17) is 4.98 Å². The van der Waals surface area contributed by atoms with Gasteiger partial charge in [-0.25, -0.2) is 9.97 Å². The van der Waals surface area contributed by atoms with Crippen molar-refractivity contribution in [1.82, 2.24) is 20.3 Å². The normalized spacial score (nSPS) is 21.5. The molecular weight excluding hydrogens is 378 g/mol. The summed E-state index contributed by atoms with van der Waals surface area (Å²) in [5.74, 6) is 1.21. The third-order valence-corrected chi connectivity index (χ3v) is 7.62. The molecule has 1 aliphatic carbocycles. The van der Waals surface area contributed by atoms with Crippen molar-refractivity contribution in [1.29, 1.82) is 0 Å². The Morgan fingerprint density at radius 2 is 2.11 bits per heavy atom. The van der Waals surface area contributed by atoms with Crippen LogP contribution < -0.4 is 10.2 Å². The van der Waals surface area contributed by atoms with Crippen LogP contribution in [-0.4, -0.2) is 45.7 Å². The largest absolute Gasteiger partial charge is 0.353 e. The zero-order valence-corrected chi connectivity index (χ0v) is 17.4. The monoisotopic (exact) mass is 405 g/mol. The third-order valence-electron chi connectivity index (χ3n) is 5.39. The van der Waals surface area contributed by atoms with Gasteiger partial charge >= 0.3 is 0 Å². The highest BCUT2D eigenvalue weighted by molar-refractivity contribution is 8.00. The summed E-state index contributed by atoms with van der Waals surface area (Å²) < 4.78 is 1.00. The number of nitrogens with one attached hydrogen (secondary N) is 1. The van der Waals surface area contributed by atoms with Crippen molar-refractivity contribution >= 4 is 44.5 Å². The summed E-state index contributed by atoms with van der Waals surface area (Å²) in [4.78, 5) is 28.2. The van der Waals surface area contributed by atoms with Gasteiger partial charge in [0.1, 0.15) is 16.1 Å². The van der Waals surface area contributed by atoms with Gasteiger partial charge in [0, 0.05) is 19.1 Å². The van der Waals surface area contributed by atoms with E-state index in [9.17, 15) is 4.79 Å². The molecule has 1 saturated carbocycles. The van der Waals surface area contributed by atoms with Crippen LogP contribution in [0.5, 0.6) is 0 Å². The number of carbonyl (C=O) groups is 1. The zero-order chi connectivity index (χ0) is 18.6. The lowest BCUT2D eigenvalue weighted by molar-refractivity contribution is -0.119. The van der Waals surface area contributed by atoms with Crippen LogP contribution in [0.2, 0.25) is 0 Å². The van der Waals surface area contributed by atoms with Crippen LogP contribution in [0.4, 0.5) is 5.13 Å². The predicted molar refractivity (Wildman–Crippen MR) is 112 cm³/mol. The average Bonchev–Trinajstić information content (AvgIpc) is 3.12. The second-order valence-electron chi connectivity index (χ2n) is 7.71. The maximum Gasteiger partial charge on any atom is 0.230 e. The Bertz CT molecular complexity index is 789. The van der Waals surface area contributed by atoms with Crippen LogP contribution in [0.15, 0.2) is 11.4 Å². The Morgan fingerprint density at radius 3 is 2.93 bits per heavy atom. The number of amides is 1. The molecule has 0 radical (unpaired) electrons. The van der Waals surface area contributed by atoms with Gasteiger partial charge in [-0.05, 0) is 31.6 Å². The van der Waals surface area contributed by atoms with Crippen molar-refractivity contribution in [2.45, 2.75) is 62.9 Å². The van der Waals surface area contributed by atoms with Gasteiger partial charge in [-0.15, -0.1) is 0 Å². The number of carbonyl (C=O) groups excluding carboxylic acids is 1. The summed E-state index contributed by atoms with van der Waals surface area (Å²) in [5.41, 5.74) is 0.749. The molecule has 1 amide bonds. The molecule has 0 aromatic carbocycles. The molecule has 8 heteroatoms. The van der Waals surface area contributed by atoms with Crippen molar-refractivity contribution in [2.75, 3.05) is 23.7 Å². The maximum atomic E-state index is 12.3. The smallest absolute Gasteiger partial charge is 0.230 e. The molecular formula is C19H27N5OS2. The molecule has 1 saturated heterocycles. The molecule has 4 rings (SSSR count). The summed E-state index contributed by atoms with van der Waals surface area (Å²) in [6.07, 6.45) is 10.0. The Hall–Kier alpha value is -1.41. The van der Waals surface area contributed by atoms with Crippen LogP contribution in [0.3, 0.4) is 0 Å². The Labute approximate surface area is 168 Å². The van der Waals surface area contributed by atoms with E-state index in [-0.39, 0.29) is 5.91 Å². The molecule has 3 heterocycles. The minimum absolute atomic E-state index is 0.105. The number of fused-ring (bicyclic) bond motifs is 1. The number of hydrogen-bond donors (Lipinski definition) is 1. The Morgan fingerprint density at radius 1 is 1.26 bits per heavy atom. The highest BCUT2D eigenvalue weighted by Gasteiger charge is 2.21. The Kier molecular flexibility index (Phi) is 6.12. The molecule has 1 atom stereocenters. The first kappa shape index (κ1) is 18.9. The van der Waals surface area contributed by atoms with Crippen molar-refractivity contribution in [3.8, 4) is 0 Å². The fourth-order valence-electron chi connectivity index (χ4n) is 3.97. The number of thioether (sulfide) groups is 1. The molecule has 6 nitrogen and oxygen atoms in total. The van der Waals surface area contributed by atoms with E-state index >= 15 is 0 Å². The lowest BCUT2D eigenvalue weighted by atomic mass is 9.95. The number of anilines is 1. The van der Waals surface area contributed by atoms with E-state index in [1.165, 1.54) is 43.9 Å². The lowest BCUT2D eigenvalue weighted by Gasteiger charge is -2.30. The molecule has 1 aliphatic heterocycles. The van der Waals surface area contributed by atoms with E-state index in [1.54, 1.807) is 17.7 Å². The SMILES string of the molecule is CC1CCCN(c2nc3ncnc(SCC(=O)NC4CCCCC4)c3s2)C1. The summed E-state index contributed by atoms with van der Waals surface area (Å²) in [7, 11) is 0. The van der Waals surface area contributed by atoms with E-state index in [0.717, 1.165) is 46.4 Å². The van der Waals surface area contributed by atoms with Gasteiger partial charge in [-0.1, -0.05) is 49.3 Å². The van der Waals surface area contributed by atoms with Gasteiger partial charge in [0.15, 0.2) is 10.8 Å². The van der Waals surface area contributed by atoms with E-state index < -0.39 is 0 Å². The predicted octanol–water partition coefficient (Wildman–Crippen LogP) is 3.86. The minimum Gasteiger partial charge on any atom is -0.353 e. The van der Waals surface area contributed by atoms with Gasteiger partial charge in [-0.2, -0.15) is 4.98 Å². The van der Waals surface area contributed by atoms with Gasteiger partial charge in [0.2, 0.25) is 5.91 Å². The van der Waals surface area contributed by atoms with Gasteiger partial charge < -0.3 is 10.2 Å². The first-order valence-electron chi connectivity index (χ1n) is 9.97. The van der Waals surface area contributed by atoms with E-state index in [2.05, 4.69) is 27.1 Å². The topological polar surface area (TPSA) is 71.0 Å². The third kappa shape index (κ3) is 4.71. The molecule has 0 spiro atoms. The maximum absolute atomic E-state index is 12.3. The number of nitrogens with zero attached hydrogens (tertiary/aromatic N) is 4. The fraction of sp³-hybridized carbons (Fsp3) is 0.684. The van der Waals surface area contributed by atoms with E-state index in [0.29, 0.717) is 17.7 Å². The molecule has 2 aromatic heterocycles. The Balaban J connectivity index is 1.41. The van der Waals surface area contributed by atoms with Crippen molar-refractivity contribution in [2.24, 2.45) is 5.92 Å². The first-order chi connectivity index (χ1) is 13.2. The summed E-state index contributed by atoms with van der Waals surface area (Å²) >= 11 is 3.15. The molecule has 1 N–H and O–H groups in total. The van der Waals surface area contributed by atoms with Gasteiger partial charge in [-0.3, -0.25) is 4.79 Å². The number of rotatable bonds is 5. The summed E-state index contributed by atoms with van der Waals surface area (Å²) in [6, 6.07) is 0.355. The highest BCUT2D eigenvalue weighted by Crippen LogP contribution is 2.35. The standard InChI is InChI=1S/C19H27N5OS2/c1-13-6-5-9-24(10-13)19-23-17-16(27-19)18(21-12-20-17)26-11-15(25)22-14-7-3-2-4-8-14/h12-14H,2-11H2,1H3,(H,22,25). The zero-order valence-electron chi connectivity index (χ0n) is 15.8. The van der Waals surface area contributed by atoms with Crippen LogP contribution in [-0.2, 0) is 4.79 Å². The molecule has 1 unspecified atom stereocenters.